The molecule has 0 spiro atoms. The number of para-hydroxylation sites is 1. The molecule has 0 aliphatic rings. The summed E-state index contributed by atoms with van der Waals surface area (Å²) in [6.07, 6.45) is 0. The van der Waals surface area contributed by atoms with Gasteiger partial charge in [-0.05, 0) is 37.3 Å². The lowest BCUT2D eigenvalue weighted by Gasteiger charge is -2.17. The van der Waals surface area contributed by atoms with Crippen LogP contribution in [0.3, 0.4) is 0 Å². The number of thiazole rings is 1. The Labute approximate surface area is 175 Å². The molecule has 8 heteroatoms. The third-order valence-corrected chi connectivity index (χ3v) is 6.13. The highest BCUT2D eigenvalue weighted by Crippen LogP contribution is 2.29. The summed E-state index contributed by atoms with van der Waals surface area (Å²) in [5.74, 6) is -0.123. The summed E-state index contributed by atoms with van der Waals surface area (Å²) >= 11 is 3.00. The van der Waals surface area contributed by atoms with Gasteiger partial charge in [0.1, 0.15) is 5.69 Å². The summed E-state index contributed by atoms with van der Waals surface area (Å²) in [6.45, 7) is 3.79. The number of nitrogens with zero attached hydrogens (tertiary/aromatic N) is 4. The van der Waals surface area contributed by atoms with Crippen LogP contribution < -0.4 is 10.5 Å². The Morgan fingerprint density at radius 2 is 1.90 bits per heavy atom. The van der Waals surface area contributed by atoms with Gasteiger partial charge in [-0.3, -0.25) is 14.5 Å². The Kier molecular flexibility index (Phi) is 5.37. The number of hydrogen-bond acceptors (Lipinski definition) is 6. The third kappa shape index (κ3) is 4.18. The third-order valence-electron chi connectivity index (χ3n) is 4.23. The van der Waals surface area contributed by atoms with E-state index in [1.807, 2.05) is 54.8 Å². The Balaban J connectivity index is 1.62. The molecule has 0 saturated carbocycles. The fourth-order valence-electron chi connectivity index (χ4n) is 2.89. The Morgan fingerprint density at radius 1 is 1.10 bits per heavy atom. The van der Waals surface area contributed by atoms with Gasteiger partial charge in [0.05, 0.1) is 22.8 Å². The van der Waals surface area contributed by atoms with Gasteiger partial charge in [-0.1, -0.05) is 18.2 Å². The van der Waals surface area contributed by atoms with Crippen molar-refractivity contribution in [2.24, 2.45) is 0 Å². The standard InChI is InChI=1S/C21H18N4O2S2/c1-14-8-10-19(29-14)18-9-11-20(27)24(23-18)12-16-13-28-21(22-16)25(15(2)26)17-6-4-3-5-7-17/h3-11,13H,12H2,1-2H3. The van der Waals surface area contributed by atoms with Crippen molar-refractivity contribution in [1.29, 1.82) is 0 Å². The molecule has 1 amide bonds. The maximum atomic E-state index is 12.3. The minimum absolute atomic E-state index is 0.123. The van der Waals surface area contributed by atoms with E-state index in [9.17, 15) is 9.59 Å². The van der Waals surface area contributed by atoms with E-state index < -0.39 is 0 Å². The molecule has 6 nitrogen and oxygen atoms in total. The number of anilines is 2. The molecule has 4 aromatic rings. The molecule has 3 heterocycles. The van der Waals surface area contributed by atoms with Gasteiger partial charge in [0, 0.05) is 23.2 Å². The van der Waals surface area contributed by atoms with Crippen LogP contribution in [0.4, 0.5) is 10.8 Å². The van der Waals surface area contributed by atoms with Crippen molar-refractivity contribution >= 4 is 39.4 Å². The topological polar surface area (TPSA) is 68.1 Å². The Morgan fingerprint density at radius 3 is 2.59 bits per heavy atom. The van der Waals surface area contributed by atoms with Crippen LogP contribution >= 0.6 is 22.7 Å². The molecule has 4 rings (SSSR count). The van der Waals surface area contributed by atoms with Crippen molar-refractivity contribution < 1.29 is 4.79 Å². The zero-order valence-electron chi connectivity index (χ0n) is 15.9. The van der Waals surface area contributed by atoms with Crippen LogP contribution in [0.2, 0.25) is 0 Å². The summed E-state index contributed by atoms with van der Waals surface area (Å²) in [7, 11) is 0. The summed E-state index contributed by atoms with van der Waals surface area (Å²) in [5, 5.41) is 6.92. The molecule has 0 atom stereocenters. The number of thiophene rings is 1. The van der Waals surface area contributed by atoms with Crippen LogP contribution in [0.25, 0.3) is 10.6 Å². The van der Waals surface area contributed by atoms with Crippen LogP contribution in [-0.2, 0) is 11.3 Å². The molecule has 3 aromatic heterocycles. The summed E-state index contributed by atoms with van der Waals surface area (Å²) < 4.78 is 1.41. The molecule has 0 saturated heterocycles. The number of carbonyl (C=O) groups excluding carboxylic acids is 1. The smallest absolute Gasteiger partial charge is 0.267 e. The lowest BCUT2D eigenvalue weighted by molar-refractivity contribution is -0.115. The normalized spacial score (nSPS) is 10.8. The summed E-state index contributed by atoms with van der Waals surface area (Å²) in [6, 6.07) is 16.7. The first-order chi connectivity index (χ1) is 14.0. The molecule has 0 bridgehead atoms. The van der Waals surface area contributed by atoms with E-state index >= 15 is 0 Å². The molecular weight excluding hydrogens is 404 g/mol. The second kappa shape index (κ2) is 8.10. The second-order valence-corrected chi connectivity index (χ2v) is 8.56. The average Bonchev–Trinajstić information content (AvgIpc) is 3.34. The molecule has 0 unspecified atom stereocenters. The number of aryl methyl sites for hydroxylation is 1. The zero-order chi connectivity index (χ0) is 20.4. The maximum absolute atomic E-state index is 12.3. The van der Waals surface area contributed by atoms with Gasteiger partial charge in [0.25, 0.3) is 5.56 Å². The first-order valence-electron chi connectivity index (χ1n) is 8.96. The van der Waals surface area contributed by atoms with Crippen molar-refractivity contribution in [3.05, 3.63) is 80.9 Å². The molecule has 1 aromatic carbocycles. The van der Waals surface area contributed by atoms with Gasteiger partial charge in [-0.25, -0.2) is 9.67 Å². The highest BCUT2D eigenvalue weighted by atomic mass is 32.1. The number of hydrogen-bond donors (Lipinski definition) is 0. The van der Waals surface area contributed by atoms with Crippen LogP contribution in [0, 0.1) is 6.92 Å². The number of rotatable bonds is 5. The number of carbonyl (C=O) groups is 1. The minimum atomic E-state index is -0.192. The Hall–Kier alpha value is -3.10. The van der Waals surface area contributed by atoms with E-state index in [-0.39, 0.29) is 18.0 Å². The van der Waals surface area contributed by atoms with Gasteiger partial charge < -0.3 is 0 Å². The van der Waals surface area contributed by atoms with E-state index in [1.165, 1.54) is 33.9 Å². The first-order valence-corrected chi connectivity index (χ1v) is 10.7. The summed E-state index contributed by atoms with van der Waals surface area (Å²) in [4.78, 5) is 32.8. The SMILES string of the molecule is CC(=O)N(c1ccccc1)c1nc(Cn2nc(-c3ccc(C)s3)ccc2=O)cs1. The molecule has 0 aliphatic carbocycles. The van der Waals surface area contributed by atoms with E-state index in [1.54, 1.807) is 22.3 Å². The predicted molar refractivity (Wildman–Crippen MR) is 117 cm³/mol. The van der Waals surface area contributed by atoms with E-state index in [0.29, 0.717) is 10.8 Å². The van der Waals surface area contributed by atoms with Crippen LogP contribution in [-0.4, -0.2) is 20.7 Å². The van der Waals surface area contributed by atoms with E-state index in [4.69, 9.17) is 0 Å². The second-order valence-electron chi connectivity index (χ2n) is 6.44. The van der Waals surface area contributed by atoms with Crippen molar-refractivity contribution in [2.45, 2.75) is 20.4 Å². The van der Waals surface area contributed by atoms with E-state index in [2.05, 4.69) is 10.1 Å². The fourth-order valence-corrected chi connectivity index (χ4v) is 4.61. The quantitative estimate of drug-likeness (QED) is 0.476. The van der Waals surface area contributed by atoms with Crippen LogP contribution in [0.15, 0.2) is 64.8 Å². The van der Waals surface area contributed by atoms with Crippen LogP contribution in [0.1, 0.15) is 17.5 Å². The fraction of sp³-hybridized carbons (Fsp3) is 0.143. The largest absolute Gasteiger partial charge is 0.274 e. The minimum Gasteiger partial charge on any atom is -0.274 e. The molecule has 0 fully saturated rings. The van der Waals surface area contributed by atoms with Gasteiger partial charge in [0.2, 0.25) is 5.91 Å². The van der Waals surface area contributed by atoms with Gasteiger partial charge in [-0.15, -0.1) is 22.7 Å². The maximum Gasteiger partial charge on any atom is 0.267 e. The van der Waals surface area contributed by atoms with Crippen molar-refractivity contribution in [1.82, 2.24) is 14.8 Å². The number of amides is 1. The predicted octanol–water partition coefficient (Wildman–Crippen LogP) is 4.47. The van der Waals surface area contributed by atoms with Crippen molar-refractivity contribution in [3.63, 3.8) is 0 Å². The lowest BCUT2D eigenvalue weighted by Crippen LogP contribution is -2.24. The molecule has 29 heavy (non-hydrogen) atoms. The molecule has 146 valence electrons. The number of benzene rings is 1. The molecule has 0 N–H and O–H groups in total. The summed E-state index contributed by atoms with van der Waals surface area (Å²) in [5.41, 5.74) is 2.00. The number of aromatic nitrogens is 3. The molecule has 0 aliphatic heterocycles. The monoisotopic (exact) mass is 422 g/mol. The van der Waals surface area contributed by atoms with Crippen LogP contribution in [0.5, 0.6) is 0 Å². The van der Waals surface area contributed by atoms with E-state index in [0.717, 1.165) is 16.3 Å². The molecule has 0 radical (unpaired) electrons. The highest BCUT2D eigenvalue weighted by molar-refractivity contribution is 7.15. The van der Waals surface area contributed by atoms with Crippen molar-refractivity contribution in [2.75, 3.05) is 4.90 Å². The highest BCUT2D eigenvalue weighted by Gasteiger charge is 2.18. The average molecular weight is 423 g/mol. The van der Waals surface area contributed by atoms with Gasteiger partial charge in [0.15, 0.2) is 5.13 Å². The van der Waals surface area contributed by atoms with Gasteiger partial charge >= 0.3 is 0 Å². The zero-order valence-corrected chi connectivity index (χ0v) is 17.5. The first kappa shape index (κ1) is 19.2. The Bertz CT molecular complexity index is 1210. The van der Waals surface area contributed by atoms with Gasteiger partial charge in [-0.2, -0.15) is 5.10 Å². The lowest BCUT2D eigenvalue weighted by atomic mass is 10.3. The van der Waals surface area contributed by atoms with Crippen molar-refractivity contribution in [3.8, 4) is 10.6 Å². The molecular formula is C21H18N4O2S2.